The highest BCUT2D eigenvalue weighted by atomic mass is 35.5. The number of hydrogen-bond donors (Lipinski definition) is 1. The highest BCUT2D eigenvalue weighted by Gasteiger charge is 1.91. The number of benzene rings is 1. The molecule has 1 aromatic carbocycles. The van der Waals surface area contributed by atoms with E-state index in [1.165, 1.54) is 11.1 Å². The molecule has 0 aliphatic heterocycles. The van der Waals surface area contributed by atoms with Crippen molar-refractivity contribution in [3.63, 3.8) is 0 Å². The molecule has 14 heavy (non-hydrogen) atoms. The SMILES string of the molecule is C#CCNCc1ccc(CC)cc1.Cl. The van der Waals surface area contributed by atoms with E-state index in [2.05, 4.69) is 42.4 Å². The molecule has 0 aliphatic carbocycles. The van der Waals surface area contributed by atoms with Gasteiger partial charge in [0.15, 0.2) is 0 Å². The molecule has 76 valence electrons. The Morgan fingerprint density at radius 1 is 1.21 bits per heavy atom. The maximum Gasteiger partial charge on any atom is 0.0576 e. The topological polar surface area (TPSA) is 12.0 Å². The van der Waals surface area contributed by atoms with Crippen LogP contribution >= 0.6 is 12.4 Å². The minimum atomic E-state index is 0. The molecule has 0 aromatic heterocycles. The Bertz CT molecular complexity index is 284. The fourth-order valence-corrected chi connectivity index (χ4v) is 1.17. The van der Waals surface area contributed by atoms with Crippen molar-refractivity contribution in [3.8, 4) is 12.3 Å². The second-order valence-corrected chi connectivity index (χ2v) is 2.98. The number of rotatable bonds is 4. The standard InChI is InChI=1S/C12H15N.ClH/c1-3-9-13-10-12-7-5-11(4-2)6-8-12;/h1,5-8,13H,4,9-10H2,2H3;1H. The molecule has 1 aromatic rings. The molecule has 0 spiro atoms. The number of aryl methyl sites for hydroxylation is 1. The Kier molecular flexibility index (Phi) is 6.92. The van der Waals surface area contributed by atoms with Crippen molar-refractivity contribution in [1.29, 1.82) is 0 Å². The van der Waals surface area contributed by atoms with Gasteiger partial charge in [-0.2, -0.15) is 0 Å². The summed E-state index contributed by atoms with van der Waals surface area (Å²) in [6.45, 7) is 3.65. The largest absolute Gasteiger partial charge is 0.302 e. The van der Waals surface area contributed by atoms with Gasteiger partial charge in [0.05, 0.1) is 6.54 Å². The van der Waals surface area contributed by atoms with E-state index < -0.39 is 0 Å². The van der Waals surface area contributed by atoms with E-state index in [1.807, 2.05) is 0 Å². The van der Waals surface area contributed by atoms with Crippen molar-refractivity contribution in [1.82, 2.24) is 5.32 Å². The van der Waals surface area contributed by atoms with Gasteiger partial charge in [0.25, 0.3) is 0 Å². The molecule has 1 rings (SSSR count). The van der Waals surface area contributed by atoms with Crippen molar-refractivity contribution in [2.45, 2.75) is 19.9 Å². The third-order valence-electron chi connectivity index (χ3n) is 1.99. The minimum absolute atomic E-state index is 0. The molecule has 1 N–H and O–H groups in total. The lowest BCUT2D eigenvalue weighted by Gasteiger charge is -2.02. The normalized spacial score (nSPS) is 8.86. The van der Waals surface area contributed by atoms with E-state index >= 15 is 0 Å². The highest BCUT2D eigenvalue weighted by Crippen LogP contribution is 2.04. The third kappa shape index (κ3) is 4.32. The zero-order valence-corrected chi connectivity index (χ0v) is 9.23. The lowest BCUT2D eigenvalue weighted by atomic mass is 10.1. The molecule has 0 atom stereocenters. The number of nitrogens with one attached hydrogen (secondary N) is 1. The van der Waals surface area contributed by atoms with Crippen molar-refractivity contribution < 1.29 is 0 Å². The molecule has 0 bridgehead atoms. The van der Waals surface area contributed by atoms with Crippen molar-refractivity contribution in [2.75, 3.05) is 6.54 Å². The summed E-state index contributed by atoms with van der Waals surface area (Å²) < 4.78 is 0. The number of hydrogen-bond acceptors (Lipinski definition) is 1. The summed E-state index contributed by atoms with van der Waals surface area (Å²) in [4.78, 5) is 0. The first-order valence-electron chi connectivity index (χ1n) is 4.58. The van der Waals surface area contributed by atoms with Gasteiger partial charge in [-0.15, -0.1) is 18.8 Å². The van der Waals surface area contributed by atoms with Crippen LogP contribution in [0.15, 0.2) is 24.3 Å². The van der Waals surface area contributed by atoms with Gasteiger partial charge in [0.1, 0.15) is 0 Å². The van der Waals surface area contributed by atoms with E-state index in [1.54, 1.807) is 0 Å². The molecule has 0 saturated heterocycles. The van der Waals surface area contributed by atoms with Crippen LogP contribution in [0.4, 0.5) is 0 Å². The van der Waals surface area contributed by atoms with Gasteiger partial charge in [-0.25, -0.2) is 0 Å². The maximum atomic E-state index is 5.13. The Hall–Kier alpha value is -0.970. The lowest BCUT2D eigenvalue weighted by molar-refractivity contribution is 0.770. The van der Waals surface area contributed by atoms with Gasteiger partial charge in [-0.1, -0.05) is 37.1 Å². The highest BCUT2D eigenvalue weighted by molar-refractivity contribution is 5.85. The molecule has 0 fully saturated rings. The molecule has 0 aliphatic rings. The fourth-order valence-electron chi connectivity index (χ4n) is 1.17. The monoisotopic (exact) mass is 209 g/mol. The van der Waals surface area contributed by atoms with Crippen LogP contribution in [0.5, 0.6) is 0 Å². The molecule has 2 heteroatoms. The van der Waals surface area contributed by atoms with Crippen LogP contribution in [-0.2, 0) is 13.0 Å². The molecule has 0 saturated carbocycles. The summed E-state index contributed by atoms with van der Waals surface area (Å²) >= 11 is 0. The summed E-state index contributed by atoms with van der Waals surface area (Å²) in [6, 6.07) is 8.60. The zero-order chi connectivity index (χ0) is 9.52. The maximum absolute atomic E-state index is 5.13. The lowest BCUT2D eigenvalue weighted by Crippen LogP contribution is -2.12. The molecule has 0 unspecified atom stereocenters. The Morgan fingerprint density at radius 2 is 1.79 bits per heavy atom. The average molecular weight is 210 g/mol. The summed E-state index contributed by atoms with van der Waals surface area (Å²) in [7, 11) is 0. The molecule has 0 radical (unpaired) electrons. The van der Waals surface area contributed by atoms with Crippen molar-refractivity contribution >= 4 is 12.4 Å². The second kappa shape index (κ2) is 7.44. The van der Waals surface area contributed by atoms with Gasteiger partial charge in [0, 0.05) is 6.54 Å². The van der Waals surface area contributed by atoms with Gasteiger partial charge in [0.2, 0.25) is 0 Å². The van der Waals surface area contributed by atoms with E-state index in [4.69, 9.17) is 6.42 Å². The summed E-state index contributed by atoms with van der Waals surface area (Å²) in [5, 5.41) is 3.15. The molecule has 0 amide bonds. The van der Waals surface area contributed by atoms with Crippen LogP contribution in [0, 0.1) is 12.3 Å². The number of halogens is 1. The van der Waals surface area contributed by atoms with Gasteiger partial charge in [-0.05, 0) is 17.5 Å². The first-order chi connectivity index (χ1) is 6.36. The van der Waals surface area contributed by atoms with Gasteiger partial charge >= 0.3 is 0 Å². The molecular weight excluding hydrogens is 194 g/mol. The predicted molar refractivity (Wildman–Crippen MR) is 63.6 cm³/mol. The van der Waals surface area contributed by atoms with E-state index in [0.717, 1.165) is 13.0 Å². The summed E-state index contributed by atoms with van der Waals surface area (Å²) in [5.74, 6) is 2.55. The van der Waals surface area contributed by atoms with Crippen LogP contribution in [0.1, 0.15) is 18.1 Å². The van der Waals surface area contributed by atoms with Gasteiger partial charge < -0.3 is 5.32 Å². The van der Waals surface area contributed by atoms with Crippen molar-refractivity contribution in [2.24, 2.45) is 0 Å². The number of terminal acetylenes is 1. The smallest absolute Gasteiger partial charge is 0.0576 e. The van der Waals surface area contributed by atoms with Crippen LogP contribution < -0.4 is 5.32 Å². The average Bonchev–Trinajstić information content (AvgIpc) is 2.19. The fraction of sp³-hybridized carbons (Fsp3) is 0.333. The first kappa shape index (κ1) is 13.0. The predicted octanol–water partition coefficient (Wildman–Crippen LogP) is 2.39. The van der Waals surface area contributed by atoms with Crippen LogP contribution in [0.2, 0.25) is 0 Å². The van der Waals surface area contributed by atoms with E-state index in [9.17, 15) is 0 Å². The molecule has 1 nitrogen and oxygen atoms in total. The Labute approximate surface area is 92.3 Å². The Balaban J connectivity index is 0.00000169. The van der Waals surface area contributed by atoms with E-state index in [0.29, 0.717) is 6.54 Å². The van der Waals surface area contributed by atoms with Gasteiger partial charge in [-0.3, -0.25) is 0 Å². The van der Waals surface area contributed by atoms with Crippen LogP contribution in [-0.4, -0.2) is 6.54 Å². The van der Waals surface area contributed by atoms with E-state index in [-0.39, 0.29) is 12.4 Å². The summed E-state index contributed by atoms with van der Waals surface area (Å²) in [6.07, 6.45) is 6.22. The zero-order valence-electron chi connectivity index (χ0n) is 8.42. The van der Waals surface area contributed by atoms with Crippen molar-refractivity contribution in [3.05, 3.63) is 35.4 Å². The minimum Gasteiger partial charge on any atom is -0.302 e. The van der Waals surface area contributed by atoms with Crippen LogP contribution in [0.25, 0.3) is 0 Å². The quantitative estimate of drug-likeness (QED) is 0.593. The van der Waals surface area contributed by atoms with Crippen LogP contribution in [0.3, 0.4) is 0 Å². The summed E-state index contributed by atoms with van der Waals surface area (Å²) in [5.41, 5.74) is 2.66. The second-order valence-electron chi connectivity index (χ2n) is 2.98. The Morgan fingerprint density at radius 3 is 2.29 bits per heavy atom. The first-order valence-corrected chi connectivity index (χ1v) is 4.58. The molecule has 0 heterocycles. The third-order valence-corrected chi connectivity index (χ3v) is 1.99. The molecular formula is C12H16ClN.